The number of ether oxygens (including phenoxy) is 1. The van der Waals surface area contributed by atoms with Crippen molar-refractivity contribution in [3.05, 3.63) is 12.2 Å². The summed E-state index contributed by atoms with van der Waals surface area (Å²) in [4.78, 5) is 4.33. The molecule has 5 nitrogen and oxygen atoms in total. The highest BCUT2D eigenvalue weighted by molar-refractivity contribution is 4.98. The average Bonchev–Trinajstić information content (AvgIpc) is 2.77. The molecule has 1 aromatic heterocycles. The second-order valence-corrected chi connectivity index (χ2v) is 4.26. The van der Waals surface area contributed by atoms with Crippen molar-refractivity contribution in [2.24, 2.45) is 0 Å². The van der Waals surface area contributed by atoms with Crippen LogP contribution in [0.4, 0.5) is 0 Å². The smallest absolute Gasteiger partial charge is 0.143 e. The van der Waals surface area contributed by atoms with E-state index in [1.807, 2.05) is 4.68 Å². The van der Waals surface area contributed by atoms with Gasteiger partial charge in [-0.2, -0.15) is 5.10 Å². The second kappa shape index (κ2) is 5.41. The van der Waals surface area contributed by atoms with E-state index in [0.29, 0.717) is 12.1 Å². The third kappa shape index (κ3) is 2.41. The van der Waals surface area contributed by atoms with Crippen LogP contribution in [-0.4, -0.2) is 34.5 Å². The molecule has 0 saturated heterocycles. The minimum Gasteiger partial charge on any atom is -0.383 e. The van der Waals surface area contributed by atoms with Gasteiger partial charge in [0, 0.05) is 19.7 Å². The van der Waals surface area contributed by atoms with E-state index < -0.39 is 0 Å². The highest BCUT2D eigenvalue weighted by Gasteiger charge is 2.24. The Hall–Kier alpha value is -0.940. The molecule has 0 bridgehead atoms. The zero-order valence-electron chi connectivity index (χ0n) is 10.0. The van der Waals surface area contributed by atoms with E-state index in [4.69, 9.17) is 4.74 Å². The summed E-state index contributed by atoms with van der Waals surface area (Å²) < 4.78 is 7.20. The Kier molecular flexibility index (Phi) is 3.90. The Morgan fingerprint density at radius 3 is 3.31 bits per heavy atom. The van der Waals surface area contributed by atoms with Gasteiger partial charge in [0.1, 0.15) is 12.2 Å². The minimum atomic E-state index is 0.330. The lowest BCUT2D eigenvalue weighted by Crippen LogP contribution is -2.38. The molecule has 1 aliphatic heterocycles. The number of nitrogens with zero attached hydrogens (tertiary/aromatic N) is 3. The maximum atomic E-state index is 5.20. The van der Waals surface area contributed by atoms with Gasteiger partial charge in [-0.15, -0.1) is 0 Å². The number of aryl methyl sites for hydroxylation is 1. The number of hydrogen-bond acceptors (Lipinski definition) is 4. The monoisotopic (exact) mass is 224 g/mol. The topological polar surface area (TPSA) is 52.0 Å². The molecule has 2 atom stereocenters. The molecule has 2 rings (SSSR count). The molecule has 0 spiro atoms. The van der Waals surface area contributed by atoms with Crippen LogP contribution in [0.5, 0.6) is 0 Å². The van der Waals surface area contributed by atoms with Crippen molar-refractivity contribution >= 4 is 0 Å². The number of nitrogens with one attached hydrogen (secondary N) is 1. The van der Waals surface area contributed by atoms with Crippen LogP contribution in [0.3, 0.4) is 0 Å². The van der Waals surface area contributed by atoms with Gasteiger partial charge in [0.2, 0.25) is 0 Å². The van der Waals surface area contributed by atoms with Gasteiger partial charge >= 0.3 is 0 Å². The normalized spacial score (nSPS) is 21.8. The summed E-state index contributed by atoms with van der Waals surface area (Å²) in [5.74, 6) is 1.07. The zero-order valence-corrected chi connectivity index (χ0v) is 10.0. The van der Waals surface area contributed by atoms with Gasteiger partial charge in [0.15, 0.2) is 0 Å². The lowest BCUT2D eigenvalue weighted by atomic mass is 10.1. The fourth-order valence-electron chi connectivity index (χ4n) is 2.22. The fourth-order valence-corrected chi connectivity index (χ4v) is 2.22. The first-order valence-electron chi connectivity index (χ1n) is 5.97. The SMILES string of the molecule is CCC(COC)NC1CCCn2ncnc21. The summed E-state index contributed by atoms with van der Waals surface area (Å²) in [6.07, 6.45) is 5.02. The highest BCUT2D eigenvalue weighted by atomic mass is 16.5. The van der Waals surface area contributed by atoms with E-state index in [-0.39, 0.29) is 0 Å². The van der Waals surface area contributed by atoms with Crippen molar-refractivity contribution in [3.8, 4) is 0 Å². The summed E-state index contributed by atoms with van der Waals surface area (Å²) in [6, 6.07) is 0.731. The Morgan fingerprint density at radius 2 is 2.56 bits per heavy atom. The zero-order chi connectivity index (χ0) is 11.4. The number of fused-ring (bicyclic) bond motifs is 1. The van der Waals surface area contributed by atoms with Crippen LogP contribution in [-0.2, 0) is 11.3 Å². The molecule has 2 heterocycles. The van der Waals surface area contributed by atoms with E-state index >= 15 is 0 Å². The standard InChI is InChI=1S/C11H20N4O/c1-3-9(7-16-2)14-10-5-4-6-15-11(10)12-8-13-15/h8-10,14H,3-7H2,1-2H3. The molecule has 5 heteroatoms. The van der Waals surface area contributed by atoms with Crippen LogP contribution in [0, 0.1) is 0 Å². The van der Waals surface area contributed by atoms with Crippen molar-refractivity contribution in [1.29, 1.82) is 0 Å². The van der Waals surface area contributed by atoms with E-state index in [0.717, 1.165) is 38.2 Å². The Morgan fingerprint density at radius 1 is 1.69 bits per heavy atom. The lowest BCUT2D eigenvalue weighted by Gasteiger charge is -2.27. The summed E-state index contributed by atoms with van der Waals surface area (Å²) >= 11 is 0. The van der Waals surface area contributed by atoms with Crippen molar-refractivity contribution in [3.63, 3.8) is 0 Å². The first-order valence-corrected chi connectivity index (χ1v) is 5.97. The highest BCUT2D eigenvalue weighted by Crippen LogP contribution is 2.22. The molecule has 90 valence electrons. The Labute approximate surface area is 96.2 Å². The first kappa shape index (κ1) is 11.5. The molecular weight excluding hydrogens is 204 g/mol. The van der Waals surface area contributed by atoms with Gasteiger partial charge < -0.3 is 10.1 Å². The van der Waals surface area contributed by atoms with Gasteiger partial charge in [-0.25, -0.2) is 9.67 Å². The van der Waals surface area contributed by atoms with Crippen LogP contribution in [0.2, 0.25) is 0 Å². The average molecular weight is 224 g/mol. The van der Waals surface area contributed by atoms with E-state index in [1.165, 1.54) is 0 Å². The summed E-state index contributed by atoms with van der Waals surface area (Å²) in [5, 5.41) is 7.82. The number of hydrogen-bond donors (Lipinski definition) is 1. The van der Waals surface area contributed by atoms with Gasteiger partial charge in [-0.05, 0) is 19.3 Å². The van der Waals surface area contributed by atoms with Crippen LogP contribution in [0.15, 0.2) is 6.33 Å². The van der Waals surface area contributed by atoms with Gasteiger partial charge in [0.25, 0.3) is 0 Å². The largest absolute Gasteiger partial charge is 0.383 e. The molecule has 2 unspecified atom stereocenters. The quantitative estimate of drug-likeness (QED) is 0.814. The molecule has 16 heavy (non-hydrogen) atoms. The van der Waals surface area contributed by atoms with Crippen molar-refractivity contribution < 1.29 is 4.74 Å². The van der Waals surface area contributed by atoms with Crippen molar-refractivity contribution in [1.82, 2.24) is 20.1 Å². The van der Waals surface area contributed by atoms with Crippen LogP contribution >= 0.6 is 0 Å². The number of methoxy groups -OCH3 is 1. The molecule has 0 aliphatic carbocycles. The maximum absolute atomic E-state index is 5.20. The molecule has 0 fully saturated rings. The van der Waals surface area contributed by atoms with Crippen LogP contribution < -0.4 is 5.32 Å². The van der Waals surface area contributed by atoms with Crippen LogP contribution in [0.1, 0.15) is 38.1 Å². The van der Waals surface area contributed by atoms with Gasteiger partial charge in [-0.3, -0.25) is 0 Å². The third-order valence-corrected chi connectivity index (χ3v) is 3.12. The summed E-state index contributed by atoms with van der Waals surface area (Å²) in [7, 11) is 1.74. The summed E-state index contributed by atoms with van der Waals surface area (Å²) in [5.41, 5.74) is 0. The number of aromatic nitrogens is 3. The van der Waals surface area contributed by atoms with Crippen molar-refractivity contribution in [2.45, 2.75) is 44.8 Å². The summed E-state index contributed by atoms with van der Waals surface area (Å²) in [6.45, 7) is 3.92. The first-order chi connectivity index (χ1) is 7.85. The second-order valence-electron chi connectivity index (χ2n) is 4.26. The molecular formula is C11H20N4O. The molecule has 1 N–H and O–H groups in total. The van der Waals surface area contributed by atoms with E-state index in [9.17, 15) is 0 Å². The Balaban J connectivity index is 2.01. The van der Waals surface area contributed by atoms with E-state index in [2.05, 4.69) is 22.3 Å². The maximum Gasteiger partial charge on any atom is 0.143 e. The van der Waals surface area contributed by atoms with Gasteiger partial charge in [-0.1, -0.05) is 6.92 Å². The molecule has 1 aliphatic rings. The van der Waals surface area contributed by atoms with Crippen molar-refractivity contribution in [2.75, 3.05) is 13.7 Å². The molecule has 0 aromatic carbocycles. The molecule has 0 radical (unpaired) electrons. The Bertz CT molecular complexity index is 326. The molecule has 1 aromatic rings. The van der Waals surface area contributed by atoms with Crippen LogP contribution in [0.25, 0.3) is 0 Å². The molecule has 0 saturated carbocycles. The van der Waals surface area contributed by atoms with E-state index in [1.54, 1.807) is 13.4 Å². The lowest BCUT2D eigenvalue weighted by molar-refractivity contribution is 0.153. The third-order valence-electron chi connectivity index (χ3n) is 3.12. The predicted molar refractivity (Wildman–Crippen MR) is 61.1 cm³/mol. The minimum absolute atomic E-state index is 0.330. The fraction of sp³-hybridized carbons (Fsp3) is 0.818. The van der Waals surface area contributed by atoms with Gasteiger partial charge in [0.05, 0.1) is 12.6 Å². The number of rotatable bonds is 5. The predicted octanol–water partition coefficient (Wildman–Crippen LogP) is 1.13. The molecule has 0 amide bonds.